The second-order valence-electron chi connectivity index (χ2n) is 7.01. The molecule has 0 bridgehead atoms. The van der Waals surface area contributed by atoms with Crippen LogP contribution in [-0.4, -0.2) is 20.7 Å². The van der Waals surface area contributed by atoms with Crippen LogP contribution in [0.25, 0.3) is 10.6 Å². The summed E-state index contributed by atoms with van der Waals surface area (Å²) in [5.74, 6) is -0.398. The molecule has 1 amide bonds. The van der Waals surface area contributed by atoms with E-state index in [0.717, 1.165) is 22.6 Å². The third-order valence-corrected chi connectivity index (χ3v) is 5.23. The Morgan fingerprint density at radius 1 is 1.18 bits per heavy atom. The molecule has 0 aliphatic rings. The SMILES string of the molecule is Cc1cnn(C(C)(C)C(=O)Nc2ccc(C(F)(F)F)cc2-c2ncc(C)s2)c1. The molecule has 28 heavy (non-hydrogen) atoms. The quantitative estimate of drug-likeness (QED) is 0.660. The van der Waals surface area contributed by atoms with E-state index in [1.165, 1.54) is 22.1 Å². The molecule has 0 atom stereocenters. The van der Waals surface area contributed by atoms with Crippen molar-refractivity contribution < 1.29 is 18.0 Å². The molecular formula is C19H19F3N4OS. The van der Waals surface area contributed by atoms with Gasteiger partial charge in [0.15, 0.2) is 0 Å². The summed E-state index contributed by atoms with van der Waals surface area (Å²) in [6.45, 7) is 7.05. The van der Waals surface area contributed by atoms with Gasteiger partial charge in [-0.25, -0.2) is 4.98 Å². The molecule has 0 aliphatic carbocycles. The summed E-state index contributed by atoms with van der Waals surface area (Å²) < 4.78 is 41.1. The minimum atomic E-state index is -4.49. The summed E-state index contributed by atoms with van der Waals surface area (Å²) in [5, 5.41) is 7.33. The van der Waals surface area contributed by atoms with Gasteiger partial charge in [-0.2, -0.15) is 18.3 Å². The van der Waals surface area contributed by atoms with Crippen molar-refractivity contribution in [2.75, 3.05) is 5.32 Å². The number of anilines is 1. The second-order valence-corrected chi connectivity index (χ2v) is 8.24. The zero-order valence-electron chi connectivity index (χ0n) is 15.8. The van der Waals surface area contributed by atoms with Crippen LogP contribution in [0.1, 0.15) is 29.9 Å². The van der Waals surface area contributed by atoms with Gasteiger partial charge in [0.2, 0.25) is 0 Å². The maximum absolute atomic E-state index is 13.2. The Morgan fingerprint density at radius 3 is 2.43 bits per heavy atom. The highest BCUT2D eigenvalue weighted by molar-refractivity contribution is 7.15. The second kappa shape index (κ2) is 7.05. The average molecular weight is 408 g/mol. The average Bonchev–Trinajstić information content (AvgIpc) is 3.23. The monoisotopic (exact) mass is 408 g/mol. The topological polar surface area (TPSA) is 59.8 Å². The number of aryl methyl sites for hydroxylation is 2. The van der Waals surface area contributed by atoms with Crippen molar-refractivity contribution in [2.24, 2.45) is 0 Å². The maximum Gasteiger partial charge on any atom is 0.416 e. The van der Waals surface area contributed by atoms with Crippen molar-refractivity contribution in [3.8, 4) is 10.6 Å². The Balaban J connectivity index is 2.00. The van der Waals surface area contributed by atoms with Crippen LogP contribution < -0.4 is 5.32 Å². The molecule has 0 radical (unpaired) electrons. The van der Waals surface area contributed by atoms with Gasteiger partial charge in [-0.05, 0) is 51.5 Å². The zero-order valence-corrected chi connectivity index (χ0v) is 16.6. The van der Waals surface area contributed by atoms with Crippen molar-refractivity contribution in [2.45, 2.75) is 39.4 Å². The number of hydrogen-bond donors (Lipinski definition) is 1. The molecule has 0 saturated heterocycles. The van der Waals surface area contributed by atoms with E-state index >= 15 is 0 Å². The van der Waals surface area contributed by atoms with Crippen molar-refractivity contribution in [3.05, 3.63) is 52.8 Å². The molecule has 3 aromatic rings. The van der Waals surface area contributed by atoms with E-state index in [1.54, 1.807) is 32.4 Å². The Morgan fingerprint density at radius 2 is 1.89 bits per heavy atom. The summed E-state index contributed by atoms with van der Waals surface area (Å²) in [6, 6.07) is 3.22. The molecule has 2 heterocycles. The number of alkyl halides is 3. The van der Waals surface area contributed by atoms with Crippen LogP contribution >= 0.6 is 11.3 Å². The van der Waals surface area contributed by atoms with Crippen molar-refractivity contribution in [3.63, 3.8) is 0 Å². The number of halogens is 3. The van der Waals surface area contributed by atoms with E-state index in [-0.39, 0.29) is 11.3 Å². The standard InChI is InChI=1S/C19H19F3N4OS/c1-11-8-24-26(10-11)18(3,4)17(27)25-15-6-5-13(19(20,21)22)7-14(15)16-23-9-12(2)28-16/h5-10H,1-4H3,(H,25,27). The summed E-state index contributed by atoms with van der Waals surface area (Å²) in [7, 11) is 0. The lowest BCUT2D eigenvalue weighted by molar-refractivity contribution is -0.137. The van der Waals surface area contributed by atoms with Gasteiger partial charge in [0.05, 0.1) is 17.4 Å². The maximum atomic E-state index is 13.2. The molecule has 0 unspecified atom stereocenters. The van der Waals surface area contributed by atoms with E-state index in [9.17, 15) is 18.0 Å². The number of carbonyl (C=O) groups is 1. The van der Waals surface area contributed by atoms with Crippen molar-refractivity contribution in [1.82, 2.24) is 14.8 Å². The first-order valence-electron chi connectivity index (χ1n) is 8.46. The number of benzene rings is 1. The van der Waals surface area contributed by atoms with Gasteiger partial charge < -0.3 is 5.32 Å². The van der Waals surface area contributed by atoms with Crippen LogP contribution in [0.3, 0.4) is 0 Å². The zero-order chi connectivity index (χ0) is 20.7. The van der Waals surface area contributed by atoms with Gasteiger partial charge in [-0.15, -0.1) is 11.3 Å². The summed E-state index contributed by atoms with van der Waals surface area (Å²) in [5.41, 5.74) is -0.435. The molecule has 1 N–H and O–H groups in total. The number of thiazole rings is 1. The minimum Gasteiger partial charge on any atom is -0.323 e. The van der Waals surface area contributed by atoms with Gasteiger partial charge >= 0.3 is 6.18 Å². The Hall–Kier alpha value is -2.68. The largest absolute Gasteiger partial charge is 0.416 e. The van der Waals surface area contributed by atoms with Gasteiger partial charge in [-0.1, -0.05) is 0 Å². The van der Waals surface area contributed by atoms with Gasteiger partial charge in [-0.3, -0.25) is 9.48 Å². The normalized spacial score (nSPS) is 12.2. The molecule has 5 nitrogen and oxygen atoms in total. The fraction of sp³-hybridized carbons (Fsp3) is 0.316. The first-order valence-corrected chi connectivity index (χ1v) is 9.27. The molecule has 2 aromatic heterocycles. The number of nitrogens with zero attached hydrogens (tertiary/aromatic N) is 3. The molecule has 3 rings (SSSR count). The van der Waals surface area contributed by atoms with Crippen LogP contribution in [0.4, 0.5) is 18.9 Å². The van der Waals surface area contributed by atoms with Crippen molar-refractivity contribution >= 4 is 22.9 Å². The minimum absolute atomic E-state index is 0.230. The molecule has 0 spiro atoms. The number of aromatic nitrogens is 3. The number of nitrogens with one attached hydrogen (secondary N) is 1. The van der Waals surface area contributed by atoms with Gasteiger partial charge in [0, 0.05) is 22.8 Å². The lowest BCUT2D eigenvalue weighted by atomic mass is 10.0. The highest BCUT2D eigenvalue weighted by atomic mass is 32.1. The van der Waals surface area contributed by atoms with Crippen LogP contribution in [0.15, 0.2) is 36.8 Å². The van der Waals surface area contributed by atoms with Crippen LogP contribution in [0, 0.1) is 13.8 Å². The Kier molecular flexibility index (Phi) is 5.05. The van der Waals surface area contributed by atoms with Crippen molar-refractivity contribution in [1.29, 1.82) is 0 Å². The molecule has 0 saturated carbocycles. The van der Waals surface area contributed by atoms with E-state index in [0.29, 0.717) is 5.01 Å². The van der Waals surface area contributed by atoms with E-state index in [1.807, 2.05) is 13.8 Å². The summed E-state index contributed by atoms with van der Waals surface area (Å²) in [4.78, 5) is 17.9. The number of hydrogen-bond acceptors (Lipinski definition) is 4. The lowest BCUT2D eigenvalue weighted by Crippen LogP contribution is -2.40. The lowest BCUT2D eigenvalue weighted by Gasteiger charge is -2.25. The smallest absolute Gasteiger partial charge is 0.323 e. The van der Waals surface area contributed by atoms with Crippen LogP contribution in [-0.2, 0) is 16.5 Å². The number of rotatable bonds is 4. The van der Waals surface area contributed by atoms with E-state index in [2.05, 4.69) is 15.4 Å². The fourth-order valence-corrected chi connectivity index (χ4v) is 3.38. The first kappa shape index (κ1) is 20.1. The fourth-order valence-electron chi connectivity index (χ4n) is 2.58. The molecule has 0 fully saturated rings. The molecule has 0 aliphatic heterocycles. The Bertz CT molecular complexity index is 1020. The predicted octanol–water partition coefficient (Wildman–Crippen LogP) is 5.02. The summed E-state index contributed by atoms with van der Waals surface area (Å²) in [6.07, 6.45) is 0.464. The molecule has 1 aromatic carbocycles. The molecular weight excluding hydrogens is 389 g/mol. The van der Waals surface area contributed by atoms with Crippen LogP contribution in [0.2, 0.25) is 0 Å². The van der Waals surface area contributed by atoms with Crippen LogP contribution in [0.5, 0.6) is 0 Å². The number of amides is 1. The highest BCUT2D eigenvalue weighted by Gasteiger charge is 2.34. The third kappa shape index (κ3) is 3.94. The highest BCUT2D eigenvalue weighted by Crippen LogP contribution is 2.38. The van der Waals surface area contributed by atoms with E-state index in [4.69, 9.17) is 0 Å². The Labute approximate surface area is 164 Å². The predicted molar refractivity (Wildman–Crippen MR) is 102 cm³/mol. The molecule has 9 heteroatoms. The summed E-state index contributed by atoms with van der Waals surface area (Å²) >= 11 is 1.26. The van der Waals surface area contributed by atoms with Gasteiger partial charge in [0.1, 0.15) is 10.5 Å². The third-order valence-electron chi connectivity index (χ3n) is 4.29. The molecule has 148 valence electrons. The first-order chi connectivity index (χ1) is 13.0. The van der Waals surface area contributed by atoms with E-state index < -0.39 is 23.2 Å². The van der Waals surface area contributed by atoms with Gasteiger partial charge in [0.25, 0.3) is 5.91 Å². The number of carbonyl (C=O) groups excluding carboxylic acids is 1.